The summed E-state index contributed by atoms with van der Waals surface area (Å²) in [7, 11) is -0.484. The highest BCUT2D eigenvalue weighted by Gasteiger charge is 2.56. The lowest BCUT2D eigenvalue weighted by atomic mass is 9.85. The normalized spacial score (nSPS) is 33.5. The predicted octanol–water partition coefficient (Wildman–Crippen LogP) is 8.27. The molecule has 4 aliphatic rings. The molecular formula is C48H73IO13Si. The van der Waals surface area contributed by atoms with Crippen molar-refractivity contribution in [3.8, 4) is 0 Å². The molecule has 0 unspecified atom stereocenters. The molecule has 2 aromatic carbocycles. The Labute approximate surface area is 390 Å². The second-order valence-corrected chi connectivity index (χ2v) is 24.8. The molecule has 0 aliphatic carbocycles. The maximum atomic E-state index is 14.2. The number of rotatable bonds is 21. The number of hydrogen-bond donors (Lipinski definition) is 1. The van der Waals surface area contributed by atoms with Crippen molar-refractivity contribution in [3.63, 3.8) is 0 Å². The summed E-state index contributed by atoms with van der Waals surface area (Å²) in [6.45, 7) is 16.1. The molecule has 0 bridgehead atoms. The van der Waals surface area contributed by atoms with Crippen LogP contribution in [-0.4, -0.2) is 123 Å². The average Bonchev–Trinajstić information content (AvgIpc) is 3.28. The van der Waals surface area contributed by atoms with Gasteiger partial charge >= 0.3 is 5.97 Å². The minimum absolute atomic E-state index is 0.0541. The van der Waals surface area contributed by atoms with Crippen LogP contribution >= 0.6 is 22.6 Å². The quantitative estimate of drug-likeness (QED) is 0.0423. The SMILES string of the molecule is CC[Si](CC)(CC)O[C@H]1[C@@H](OCOC)C[C@@H](CC2COC(C)(C)OC2)O[C@@H]1C[C@@H](I)[C@]1(C)CC[C@H](O[C@@H]2[C@H](O)CO[C@@H](OCc3ccccc3)[C@]2(C)OCc2ccccc2)C(=O)O1. The summed E-state index contributed by atoms with van der Waals surface area (Å²) in [5.74, 6) is -0.911. The molecule has 4 saturated heterocycles. The van der Waals surface area contributed by atoms with Crippen LogP contribution in [0.3, 0.4) is 0 Å². The Hall–Kier alpha value is -1.58. The zero-order chi connectivity index (χ0) is 45.3. The van der Waals surface area contributed by atoms with E-state index in [4.69, 9.17) is 51.8 Å². The molecule has 0 aromatic heterocycles. The van der Waals surface area contributed by atoms with E-state index in [2.05, 4.69) is 43.4 Å². The third-order valence-corrected chi connectivity index (χ3v) is 20.1. The van der Waals surface area contributed by atoms with Crippen LogP contribution in [0.5, 0.6) is 0 Å². The second kappa shape index (κ2) is 22.9. The van der Waals surface area contributed by atoms with Gasteiger partial charge in [-0.2, -0.15) is 0 Å². The Kier molecular flexibility index (Phi) is 18.5. The molecule has 11 atom stereocenters. The fourth-order valence-corrected chi connectivity index (χ4v) is 13.1. The average molecular weight is 1010 g/mol. The van der Waals surface area contributed by atoms with Crippen LogP contribution in [0.25, 0.3) is 0 Å². The molecule has 4 fully saturated rings. The minimum atomic E-state index is -2.12. The molecule has 4 aliphatic heterocycles. The second-order valence-electron chi connectivity index (χ2n) is 18.6. The molecule has 63 heavy (non-hydrogen) atoms. The third kappa shape index (κ3) is 13.1. The van der Waals surface area contributed by atoms with Crippen molar-refractivity contribution in [1.29, 1.82) is 0 Å². The molecular weight excluding hydrogens is 940 g/mol. The lowest BCUT2D eigenvalue weighted by Crippen LogP contribution is -2.65. The van der Waals surface area contributed by atoms with Gasteiger partial charge in [-0.05, 0) is 82.6 Å². The number of ether oxygens (including phenoxy) is 10. The Morgan fingerprint density at radius 3 is 2.13 bits per heavy atom. The fraction of sp³-hybridized carbons (Fsp3) is 0.729. The number of aliphatic hydroxyl groups excluding tert-OH is 1. The molecule has 0 saturated carbocycles. The first-order chi connectivity index (χ1) is 30.1. The van der Waals surface area contributed by atoms with Gasteiger partial charge in [-0.1, -0.05) is 104 Å². The topological polar surface area (TPSA) is 139 Å². The van der Waals surface area contributed by atoms with Gasteiger partial charge in [0, 0.05) is 19.4 Å². The van der Waals surface area contributed by atoms with Crippen LogP contribution < -0.4 is 0 Å². The monoisotopic (exact) mass is 1010 g/mol. The van der Waals surface area contributed by atoms with Crippen LogP contribution in [0.15, 0.2) is 60.7 Å². The fourth-order valence-electron chi connectivity index (χ4n) is 9.31. The molecule has 6 rings (SSSR count). The summed E-state index contributed by atoms with van der Waals surface area (Å²) in [4.78, 5) is 14.2. The first-order valence-corrected chi connectivity index (χ1v) is 26.8. The molecule has 15 heteroatoms. The Morgan fingerprint density at radius 2 is 1.52 bits per heavy atom. The maximum Gasteiger partial charge on any atom is 0.335 e. The van der Waals surface area contributed by atoms with Gasteiger partial charge in [0.25, 0.3) is 0 Å². The van der Waals surface area contributed by atoms with Crippen LogP contribution in [0.4, 0.5) is 0 Å². The van der Waals surface area contributed by atoms with Gasteiger partial charge in [-0.3, -0.25) is 0 Å². The summed E-state index contributed by atoms with van der Waals surface area (Å²) >= 11 is 2.43. The third-order valence-electron chi connectivity index (χ3n) is 13.6. The highest BCUT2D eigenvalue weighted by Crippen LogP contribution is 2.43. The number of carbonyl (C=O) groups excluding carboxylic acids is 1. The molecule has 0 amide bonds. The van der Waals surface area contributed by atoms with Crippen molar-refractivity contribution in [2.75, 3.05) is 33.7 Å². The standard InChI is InChI=1S/C48H73IO13Si/c1-9-63(10-2,11-3)62-42-39(55-32-52-8)25-36(24-35-29-56-46(4,5)57-30-35)59-40(42)26-41(49)47(6)23-22-38(44(51)61-47)60-43-37(50)31-54-45(53-27-33-18-14-12-15-19-33)48(43,7)58-28-34-20-16-13-17-21-34/h12-21,35-43,45,50H,9-11,22-32H2,1-8H3/t36-,37-,38+,39+,40-,41-,42+,43-,45-,47+,48-/m1/s1. The largest absolute Gasteiger partial charge is 0.456 e. The van der Waals surface area contributed by atoms with Crippen molar-refractivity contribution in [2.45, 2.75) is 182 Å². The van der Waals surface area contributed by atoms with Gasteiger partial charge in [0.05, 0.1) is 61.4 Å². The lowest BCUT2D eigenvalue weighted by Gasteiger charge is -2.50. The molecule has 13 nitrogen and oxygen atoms in total. The van der Waals surface area contributed by atoms with Crippen molar-refractivity contribution in [2.24, 2.45) is 5.92 Å². The van der Waals surface area contributed by atoms with Gasteiger partial charge < -0.3 is 56.9 Å². The van der Waals surface area contributed by atoms with Crippen molar-refractivity contribution < 1.29 is 61.7 Å². The molecule has 1 N–H and O–H groups in total. The van der Waals surface area contributed by atoms with E-state index in [0.717, 1.165) is 35.7 Å². The van der Waals surface area contributed by atoms with E-state index in [1.54, 1.807) is 7.11 Å². The number of benzene rings is 2. The summed E-state index contributed by atoms with van der Waals surface area (Å²) in [5, 5.41) is 11.5. The van der Waals surface area contributed by atoms with E-state index in [1.807, 2.05) is 88.4 Å². The molecule has 354 valence electrons. The number of esters is 1. The summed E-state index contributed by atoms with van der Waals surface area (Å²) in [6, 6.07) is 22.5. The smallest absolute Gasteiger partial charge is 0.335 e. The van der Waals surface area contributed by atoms with Gasteiger partial charge in [-0.25, -0.2) is 4.79 Å². The van der Waals surface area contributed by atoms with E-state index >= 15 is 0 Å². The van der Waals surface area contributed by atoms with E-state index in [1.165, 1.54) is 0 Å². The molecule has 0 spiro atoms. The molecule has 4 heterocycles. The van der Waals surface area contributed by atoms with Crippen molar-refractivity contribution in [3.05, 3.63) is 71.8 Å². The lowest BCUT2D eigenvalue weighted by molar-refractivity contribution is -0.341. The molecule has 2 aromatic rings. The Balaban J connectivity index is 1.18. The van der Waals surface area contributed by atoms with E-state index in [0.29, 0.717) is 38.9 Å². The maximum absolute atomic E-state index is 14.2. The summed E-state index contributed by atoms with van der Waals surface area (Å²) in [5.41, 5.74) is -0.231. The summed E-state index contributed by atoms with van der Waals surface area (Å²) < 4.78 is 70.3. The predicted molar refractivity (Wildman–Crippen MR) is 248 cm³/mol. The summed E-state index contributed by atoms with van der Waals surface area (Å²) in [6.07, 6.45) is -2.02. The number of hydrogen-bond acceptors (Lipinski definition) is 13. The highest BCUT2D eigenvalue weighted by molar-refractivity contribution is 14.1. The van der Waals surface area contributed by atoms with Crippen LogP contribution in [-0.2, 0) is 69.8 Å². The number of alkyl halides is 1. The van der Waals surface area contributed by atoms with E-state index < -0.39 is 55.9 Å². The number of cyclic esters (lactones) is 1. The van der Waals surface area contributed by atoms with Crippen molar-refractivity contribution >= 4 is 36.9 Å². The van der Waals surface area contributed by atoms with E-state index in [-0.39, 0.29) is 60.9 Å². The number of aliphatic hydroxyl groups is 1. The van der Waals surface area contributed by atoms with Gasteiger partial charge in [0.15, 0.2) is 26.5 Å². The van der Waals surface area contributed by atoms with Gasteiger partial charge in [0.2, 0.25) is 0 Å². The number of methoxy groups -OCH3 is 1. The zero-order valence-corrected chi connectivity index (χ0v) is 41.8. The Morgan fingerprint density at radius 1 is 0.889 bits per heavy atom. The Bertz CT molecular complexity index is 1670. The number of halogens is 1. The molecule has 0 radical (unpaired) electrons. The highest BCUT2D eigenvalue weighted by atomic mass is 127. The van der Waals surface area contributed by atoms with Crippen LogP contribution in [0.1, 0.15) is 91.7 Å². The van der Waals surface area contributed by atoms with E-state index in [9.17, 15) is 9.90 Å². The number of carbonyl (C=O) groups is 1. The first kappa shape index (κ1) is 50.8. The van der Waals surface area contributed by atoms with Crippen LogP contribution in [0.2, 0.25) is 18.1 Å². The van der Waals surface area contributed by atoms with Gasteiger partial charge in [0.1, 0.15) is 30.2 Å². The zero-order valence-electron chi connectivity index (χ0n) is 38.7. The first-order valence-electron chi connectivity index (χ1n) is 23.0. The van der Waals surface area contributed by atoms with Gasteiger partial charge in [-0.15, -0.1) is 0 Å². The minimum Gasteiger partial charge on any atom is -0.456 e. The van der Waals surface area contributed by atoms with Crippen LogP contribution in [0, 0.1) is 5.92 Å². The van der Waals surface area contributed by atoms with Crippen molar-refractivity contribution in [1.82, 2.24) is 0 Å².